The van der Waals surface area contributed by atoms with Gasteiger partial charge in [0, 0.05) is 10.0 Å². The lowest BCUT2D eigenvalue weighted by Crippen LogP contribution is -1.99. The monoisotopic (exact) mass is 332 g/mol. The molecule has 1 heterocycles. The largest absolute Gasteiger partial charge is 0.472 e. The molecule has 0 saturated heterocycles. The highest BCUT2D eigenvalue weighted by atomic mass is 79.9. The summed E-state index contributed by atoms with van der Waals surface area (Å²) >= 11 is 15.0. The highest BCUT2D eigenvalue weighted by molar-refractivity contribution is 9.10. The van der Waals surface area contributed by atoms with Gasteiger partial charge in [-0.1, -0.05) is 45.7 Å². The normalized spacial score (nSPS) is 10.3. The van der Waals surface area contributed by atoms with Gasteiger partial charge in [0.1, 0.15) is 11.6 Å². The summed E-state index contributed by atoms with van der Waals surface area (Å²) in [4.78, 5) is 7.65. The summed E-state index contributed by atoms with van der Waals surface area (Å²) in [6, 6.07) is 7.74. The first-order chi connectivity index (χ1) is 8.16. The second-order valence-corrected chi connectivity index (χ2v) is 4.77. The minimum atomic E-state index is 0.108. The first-order valence-electron chi connectivity index (χ1n) is 4.71. The van der Waals surface area contributed by atoms with E-state index in [9.17, 15) is 0 Å². The molecular formula is C11H7BrCl2N2O. The zero-order valence-corrected chi connectivity index (χ0v) is 11.6. The Hall–Kier alpha value is -0.840. The summed E-state index contributed by atoms with van der Waals surface area (Å²) in [6.45, 7) is 0.356. The van der Waals surface area contributed by atoms with E-state index in [1.54, 1.807) is 0 Å². The van der Waals surface area contributed by atoms with Crippen molar-refractivity contribution in [3.63, 3.8) is 0 Å². The number of benzene rings is 1. The van der Waals surface area contributed by atoms with E-state index in [-0.39, 0.29) is 11.2 Å². The molecule has 0 spiro atoms. The number of hydrogen-bond donors (Lipinski definition) is 0. The maximum atomic E-state index is 5.88. The van der Waals surface area contributed by atoms with Crippen LogP contribution >= 0.6 is 39.1 Å². The zero-order chi connectivity index (χ0) is 12.3. The minimum Gasteiger partial charge on any atom is -0.472 e. The Morgan fingerprint density at radius 1 is 1.24 bits per heavy atom. The summed E-state index contributed by atoms with van der Waals surface area (Å²) in [5.41, 5.74) is 0.998. The Balaban J connectivity index is 2.12. The lowest BCUT2D eigenvalue weighted by atomic mass is 10.2. The van der Waals surface area contributed by atoms with Gasteiger partial charge in [-0.25, -0.2) is 4.98 Å². The first kappa shape index (κ1) is 12.6. The van der Waals surface area contributed by atoms with E-state index in [0.717, 1.165) is 10.0 Å². The lowest BCUT2D eigenvalue weighted by molar-refractivity contribution is 0.293. The van der Waals surface area contributed by atoms with Gasteiger partial charge < -0.3 is 4.74 Å². The van der Waals surface area contributed by atoms with Gasteiger partial charge >= 0.3 is 0 Å². The smallest absolute Gasteiger partial charge is 0.237 e. The van der Waals surface area contributed by atoms with Crippen LogP contribution in [-0.2, 0) is 6.61 Å². The molecule has 1 aromatic carbocycles. The number of rotatable bonds is 3. The summed E-state index contributed by atoms with van der Waals surface area (Å²) in [5.74, 6) is 0.280. The average molecular weight is 334 g/mol. The number of hydrogen-bond acceptors (Lipinski definition) is 3. The SMILES string of the molecule is Clc1ncc(Cl)c(OCc2ccccc2Br)n1. The number of halogens is 3. The Labute approximate surface area is 117 Å². The predicted molar refractivity (Wildman–Crippen MR) is 70.5 cm³/mol. The Morgan fingerprint density at radius 3 is 2.76 bits per heavy atom. The topological polar surface area (TPSA) is 35.0 Å². The average Bonchev–Trinajstić information content (AvgIpc) is 2.32. The summed E-state index contributed by atoms with van der Waals surface area (Å²) in [5, 5.41) is 0.443. The summed E-state index contributed by atoms with van der Waals surface area (Å²) in [6.07, 6.45) is 1.41. The van der Waals surface area contributed by atoms with Crippen LogP contribution in [0.15, 0.2) is 34.9 Å². The van der Waals surface area contributed by atoms with Gasteiger partial charge in [-0.2, -0.15) is 4.98 Å². The number of aromatic nitrogens is 2. The second-order valence-electron chi connectivity index (χ2n) is 3.17. The number of ether oxygens (including phenoxy) is 1. The quantitative estimate of drug-likeness (QED) is 0.792. The van der Waals surface area contributed by atoms with E-state index in [1.165, 1.54) is 6.20 Å². The van der Waals surface area contributed by atoms with Gasteiger partial charge in [-0.3, -0.25) is 0 Å². The van der Waals surface area contributed by atoms with E-state index in [1.807, 2.05) is 24.3 Å². The van der Waals surface area contributed by atoms with Crippen LogP contribution in [0.5, 0.6) is 5.88 Å². The lowest BCUT2D eigenvalue weighted by Gasteiger charge is -2.08. The van der Waals surface area contributed by atoms with E-state index < -0.39 is 0 Å². The van der Waals surface area contributed by atoms with Crippen molar-refractivity contribution in [3.05, 3.63) is 50.8 Å². The van der Waals surface area contributed by atoms with Crippen LogP contribution < -0.4 is 4.74 Å². The Bertz CT molecular complexity index is 537. The number of nitrogens with zero attached hydrogens (tertiary/aromatic N) is 2. The van der Waals surface area contributed by atoms with Crippen molar-refractivity contribution in [2.45, 2.75) is 6.61 Å². The molecule has 6 heteroatoms. The molecule has 0 aliphatic rings. The zero-order valence-electron chi connectivity index (χ0n) is 8.53. The van der Waals surface area contributed by atoms with Crippen LogP contribution in [0.3, 0.4) is 0 Å². The molecule has 88 valence electrons. The predicted octanol–water partition coefficient (Wildman–Crippen LogP) is 4.12. The molecule has 0 bridgehead atoms. The van der Waals surface area contributed by atoms with Crippen LogP contribution in [-0.4, -0.2) is 9.97 Å². The van der Waals surface area contributed by atoms with Gasteiger partial charge in [-0.15, -0.1) is 0 Å². The van der Waals surface area contributed by atoms with Crippen LogP contribution in [0.1, 0.15) is 5.56 Å². The van der Waals surface area contributed by atoms with Crippen molar-refractivity contribution in [2.24, 2.45) is 0 Å². The second kappa shape index (κ2) is 5.67. The third kappa shape index (κ3) is 3.31. The first-order valence-corrected chi connectivity index (χ1v) is 6.26. The van der Waals surface area contributed by atoms with Crippen molar-refractivity contribution in [3.8, 4) is 5.88 Å². The molecule has 17 heavy (non-hydrogen) atoms. The fourth-order valence-corrected chi connectivity index (χ4v) is 1.86. The molecule has 3 nitrogen and oxygen atoms in total. The molecule has 2 rings (SSSR count). The van der Waals surface area contributed by atoms with Crippen molar-refractivity contribution in [2.75, 3.05) is 0 Å². The van der Waals surface area contributed by atoms with Crippen molar-refractivity contribution < 1.29 is 4.74 Å². The molecule has 1 aromatic heterocycles. The fraction of sp³-hybridized carbons (Fsp3) is 0.0909. The minimum absolute atomic E-state index is 0.108. The summed E-state index contributed by atoms with van der Waals surface area (Å²) in [7, 11) is 0. The molecule has 0 saturated carbocycles. The molecule has 0 unspecified atom stereocenters. The van der Waals surface area contributed by atoms with Crippen LogP contribution in [0.4, 0.5) is 0 Å². The molecule has 2 aromatic rings. The van der Waals surface area contributed by atoms with Gasteiger partial charge in [0.25, 0.3) is 0 Å². The van der Waals surface area contributed by atoms with Gasteiger partial charge in [-0.05, 0) is 17.7 Å². The van der Waals surface area contributed by atoms with E-state index in [2.05, 4.69) is 25.9 Å². The van der Waals surface area contributed by atoms with Crippen molar-refractivity contribution >= 4 is 39.1 Å². The van der Waals surface area contributed by atoms with Crippen LogP contribution in [0.2, 0.25) is 10.3 Å². The van der Waals surface area contributed by atoms with E-state index in [4.69, 9.17) is 27.9 Å². The fourth-order valence-electron chi connectivity index (χ4n) is 1.19. The van der Waals surface area contributed by atoms with Crippen molar-refractivity contribution in [1.82, 2.24) is 9.97 Å². The molecule has 0 aliphatic heterocycles. The van der Waals surface area contributed by atoms with E-state index >= 15 is 0 Å². The highest BCUT2D eigenvalue weighted by Gasteiger charge is 2.07. The highest BCUT2D eigenvalue weighted by Crippen LogP contribution is 2.24. The molecule has 0 atom stereocenters. The van der Waals surface area contributed by atoms with Gasteiger partial charge in [0.15, 0.2) is 0 Å². The Morgan fingerprint density at radius 2 is 2.00 bits per heavy atom. The van der Waals surface area contributed by atoms with Crippen molar-refractivity contribution in [1.29, 1.82) is 0 Å². The molecule has 0 N–H and O–H groups in total. The molecule has 0 amide bonds. The summed E-state index contributed by atoms with van der Waals surface area (Å²) < 4.78 is 6.46. The van der Waals surface area contributed by atoms with Gasteiger partial charge in [0.2, 0.25) is 11.2 Å². The van der Waals surface area contributed by atoms with Crippen LogP contribution in [0.25, 0.3) is 0 Å². The van der Waals surface area contributed by atoms with Gasteiger partial charge in [0.05, 0.1) is 6.20 Å². The maximum absolute atomic E-state index is 5.88. The standard InChI is InChI=1S/C11H7BrCl2N2O/c12-8-4-2-1-3-7(8)6-17-10-9(13)5-15-11(14)16-10/h1-5H,6H2. The molecule has 0 radical (unpaired) electrons. The molecule has 0 aliphatic carbocycles. The molecule has 0 fully saturated rings. The third-order valence-corrected chi connectivity index (χ3v) is 3.22. The third-order valence-electron chi connectivity index (χ3n) is 2.00. The van der Waals surface area contributed by atoms with Crippen LogP contribution in [0, 0.1) is 0 Å². The maximum Gasteiger partial charge on any atom is 0.237 e. The van der Waals surface area contributed by atoms with E-state index in [0.29, 0.717) is 11.6 Å². The molecular weight excluding hydrogens is 327 g/mol. The Kier molecular flexibility index (Phi) is 4.20.